The number of nitrogens with zero attached hydrogens (tertiary/aromatic N) is 5. The monoisotopic (exact) mass is 528 g/mol. The molecule has 2 heterocycles. The van der Waals surface area contributed by atoms with Gasteiger partial charge in [0, 0.05) is 24.8 Å². The molecule has 0 saturated carbocycles. The van der Waals surface area contributed by atoms with E-state index in [0.29, 0.717) is 6.54 Å². The van der Waals surface area contributed by atoms with Gasteiger partial charge in [-0.25, -0.2) is 14.2 Å². The van der Waals surface area contributed by atoms with Gasteiger partial charge in [-0.05, 0) is 43.5 Å². The second-order valence-corrected chi connectivity index (χ2v) is 8.62. The zero-order valence-electron chi connectivity index (χ0n) is 19.1. The highest BCUT2D eigenvalue weighted by molar-refractivity contribution is 6.31. The van der Waals surface area contributed by atoms with Crippen molar-refractivity contribution >= 4 is 29.3 Å². The molecule has 4 rings (SSSR count). The fourth-order valence-corrected chi connectivity index (χ4v) is 4.71. The molecule has 9 nitrogen and oxygen atoms in total. The van der Waals surface area contributed by atoms with Gasteiger partial charge in [0.15, 0.2) is 5.82 Å². The summed E-state index contributed by atoms with van der Waals surface area (Å²) in [5, 5.41) is 16.2. The zero-order chi connectivity index (χ0) is 26.4. The predicted molar refractivity (Wildman–Crippen MR) is 120 cm³/mol. The Morgan fingerprint density at radius 3 is 2.64 bits per heavy atom. The van der Waals surface area contributed by atoms with Crippen LogP contribution in [-0.2, 0) is 32.7 Å². The highest BCUT2D eigenvalue weighted by Crippen LogP contribution is 2.47. The van der Waals surface area contributed by atoms with Crippen molar-refractivity contribution in [3.63, 3.8) is 0 Å². The number of amides is 2. The zero-order valence-corrected chi connectivity index (χ0v) is 19.9. The summed E-state index contributed by atoms with van der Waals surface area (Å²) >= 11 is 5.74. The molecule has 14 heteroatoms. The van der Waals surface area contributed by atoms with E-state index in [0.717, 1.165) is 28.6 Å². The van der Waals surface area contributed by atoms with Gasteiger partial charge in [0.05, 0.1) is 17.6 Å². The minimum atomic E-state index is -4.87. The summed E-state index contributed by atoms with van der Waals surface area (Å²) in [6, 6.07) is 2.21. The molecule has 36 heavy (non-hydrogen) atoms. The van der Waals surface area contributed by atoms with Crippen LogP contribution in [0.4, 0.5) is 28.0 Å². The SMILES string of the molecule is CCn1cnc(CN(C(=O)O)C2CCc3c2c(C(F)(F)F)n(C)c3C(=O)Nc2ccc(F)c(Cl)c2)n1. The molecular formula is C22H21ClF4N6O3. The first-order valence-corrected chi connectivity index (χ1v) is 11.2. The Bertz CT molecular complexity index is 1340. The molecule has 0 bridgehead atoms. The standard InChI is InChI=1S/C22H21ClF4N6O3/c1-3-32-10-28-16(30-32)9-33(21(35)36)15-7-5-12-17(15)19(22(25,26)27)31(2)18(12)20(34)29-11-4-6-14(24)13(23)8-11/h4,6,8,10,15H,3,5,7,9H2,1-2H3,(H,29,34)(H,35,36). The molecule has 1 aliphatic carbocycles. The molecule has 0 aliphatic heterocycles. The van der Waals surface area contributed by atoms with Crippen molar-refractivity contribution in [3.8, 4) is 0 Å². The number of hydrogen-bond donors (Lipinski definition) is 2. The number of carbonyl (C=O) groups is 2. The lowest BCUT2D eigenvalue weighted by Gasteiger charge is -2.27. The van der Waals surface area contributed by atoms with Gasteiger partial charge in [-0.15, -0.1) is 0 Å². The van der Waals surface area contributed by atoms with E-state index in [1.165, 1.54) is 17.1 Å². The van der Waals surface area contributed by atoms with Crippen molar-refractivity contribution in [2.24, 2.45) is 7.05 Å². The maximum absolute atomic E-state index is 14.2. The van der Waals surface area contributed by atoms with E-state index in [-0.39, 0.29) is 52.7 Å². The highest BCUT2D eigenvalue weighted by Gasteiger charge is 2.47. The van der Waals surface area contributed by atoms with Gasteiger partial charge in [0.25, 0.3) is 5.91 Å². The average Bonchev–Trinajstić information content (AvgIpc) is 3.48. The van der Waals surface area contributed by atoms with Crippen LogP contribution in [0.2, 0.25) is 5.02 Å². The van der Waals surface area contributed by atoms with Gasteiger partial charge in [-0.3, -0.25) is 14.4 Å². The smallest absolute Gasteiger partial charge is 0.431 e. The first-order chi connectivity index (χ1) is 16.9. The van der Waals surface area contributed by atoms with Gasteiger partial charge < -0.3 is 15.0 Å². The third-order valence-electron chi connectivity index (χ3n) is 6.04. The molecule has 192 valence electrons. The van der Waals surface area contributed by atoms with Crippen LogP contribution in [0, 0.1) is 5.82 Å². The lowest BCUT2D eigenvalue weighted by molar-refractivity contribution is -0.144. The number of rotatable bonds is 6. The summed E-state index contributed by atoms with van der Waals surface area (Å²) in [6.45, 7) is 1.97. The van der Waals surface area contributed by atoms with Crippen molar-refractivity contribution in [3.05, 3.63) is 63.7 Å². The molecule has 0 radical (unpaired) electrons. The molecule has 0 saturated heterocycles. The number of carboxylic acid groups (broad SMARTS) is 1. The number of carbonyl (C=O) groups excluding carboxylic acids is 1. The van der Waals surface area contributed by atoms with E-state index in [1.54, 1.807) is 0 Å². The summed E-state index contributed by atoms with van der Waals surface area (Å²) in [5.74, 6) is -1.44. The Balaban J connectivity index is 1.75. The van der Waals surface area contributed by atoms with E-state index in [9.17, 15) is 32.3 Å². The van der Waals surface area contributed by atoms with Crippen LogP contribution in [0.25, 0.3) is 0 Å². The Labute approximate surface area is 207 Å². The van der Waals surface area contributed by atoms with Gasteiger partial charge in [0.2, 0.25) is 0 Å². The molecule has 2 aromatic heterocycles. The third kappa shape index (κ3) is 4.62. The Morgan fingerprint density at radius 2 is 2.06 bits per heavy atom. The topological polar surface area (TPSA) is 105 Å². The van der Waals surface area contributed by atoms with E-state index in [2.05, 4.69) is 15.4 Å². The molecule has 1 aliphatic rings. The number of fused-ring (bicyclic) bond motifs is 1. The van der Waals surface area contributed by atoms with Crippen molar-refractivity contribution in [1.82, 2.24) is 24.2 Å². The molecule has 1 atom stereocenters. The van der Waals surface area contributed by atoms with Crippen molar-refractivity contribution < 1.29 is 32.3 Å². The summed E-state index contributed by atoms with van der Waals surface area (Å²) in [4.78, 5) is 30.1. The summed E-state index contributed by atoms with van der Waals surface area (Å²) in [6.07, 6.45) is -4.82. The van der Waals surface area contributed by atoms with Crippen LogP contribution in [0.5, 0.6) is 0 Å². The van der Waals surface area contributed by atoms with Gasteiger partial charge in [0.1, 0.15) is 23.5 Å². The molecular weight excluding hydrogens is 508 g/mol. The second kappa shape index (κ2) is 9.45. The lowest BCUT2D eigenvalue weighted by atomic mass is 10.1. The molecule has 1 aromatic carbocycles. The lowest BCUT2D eigenvalue weighted by Crippen LogP contribution is -2.34. The number of alkyl halides is 3. The number of aromatic nitrogens is 4. The van der Waals surface area contributed by atoms with Gasteiger partial charge in [-0.1, -0.05) is 11.6 Å². The molecule has 0 fully saturated rings. The largest absolute Gasteiger partial charge is 0.465 e. The number of aryl methyl sites for hydroxylation is 1. The average molecular weight is 529 g/mol. The first-order valence-electron chi connectivity index (χ1n) is 10.8. The summed E-state index contributed by atoms with van der Waals surface area (Å²) in [7, 11) is 1.10. The Hall–Kier alpha value is -3.61. The molecule has 2 N–H and O–H groups in total. The summed E-state index contributed by atoms with van der Waals surface area (Å²) < 4.78 is 58.3. The minimum Gasteiger partial charge on any atom is -0.465 e. The van der Waals surface area contributed by atoms with E-state index < -0.39 is 35.7 Å². The van der Waals surface area contributed by atoms with Crippen molar-refractivity contribution in [1.29, 1.82) is 0 Å². The quantitative estimate of drug-likeness (QED) is 0.444. The van der Waals surface area contributed by atoms with Crippen LogP contribution in [0.1, 0.15) is 52.5 Å². The van der Waals surface area contributed by atoms with Crippen molar-refractivity contribution in [2.75, 3.05) is 5.32 Å². The third-order valence-corrected chi connectivity index (χ3v) is 6.33. The predicted octanol–water partition coefficient (Wildman–Crippen LogP) is 4.87. The minimum absolute atomic E-state index is 0.0391. The Morgan fingerprint density at radius 1 is 1.33 bits per heavy atom. The van der Waals surface area contributed by atoms with E-state index >= 15 is 0 Å². The number of anilines is 1. The number of halogens is 5. The second-order valence-electron chi connectivity index (χ2n) is 8.21. The van der Waals surface area contributed by atoms with Crippen molar-refractivity contribution in [2.45, 2.75) is 45.1 Å². The normalized spacial score (nSPS) is 15.1. The van der Waals surface area contributed by atoms with E-state index in [4.69, 9.17) is 11.6 Å². The van der Waals surface area contributed by atoms with Gasteiger partial charge >= 0.3 is 12.3 Å². The first kappa shape index (κ1) is 25.5. The molecule has 1 unspecified atom stereocenters. The van der Waals surface area contributed by atoms with E-state index in [1.807, 2.05) is 6.92 Å². The van der Waals surface area contributed by atoms with Gasteiger partial charge in [-0.2, -0.15) is 18.3 Å². The number of benzene rings is 1. The van der Waals surface area contributed by atoms with Crippen LogP contribution in [0.15, 0.2) is 24.5 Å². The molecule has 3 aromatic rings. The Kier molecular flexibility index (Phi) is 6.69. The molecule has 0 spiro atoms. The fourth-order valence-electron chi connectivity index (χ4n) is 4.53. The van der Waals surface area contributed by atoms with Crippen LogP contribution in [0.3, 0.4) is 0 Å². The van der Waals surface area contributed by atoms with Crippen LogP contribution >= 0.6 is 11.6 Å². The van der Waals surface area contributed by atoms with Crippen LogP contribution < -0.4 is 5.32 Å². The maximum atomic E-state index is 14.2. The number of nitrogens with one attached hydrogen (secondary N) is 1. The number of hydrogen-bond acceptors (Lipinski definition) is 4. The fraction of sp³-hybridized carbons (Fsp3) is 0.364. The maximum Gasteiger partial charge on any atom is 0.431 e. The summed E-state index contributed by atoms with van der Waals surface area (Å²) in [5.41, 5.74) is -1.46. The highest BCUT2D eigenvalue weighted by atomic mass is 35.5. The molecule has 2 amide bonds. The van der Waals surface area contributed by atoms with Crippen LogP contribution in [-0.4, -0.2) is 41.3 Å².